The molecule has 15 aromatic rings. The number of benzene rings is 13. The van der Waals surface area contributed by atoms with Crippen molar-refractivity contribution in [2.45, 2.75) is 0 Å². The van der Waals surface area contributed by atoms with E-state index >= 15 is 0 Å². The van der Waals surface area contributed by atoms with Crippen molar-refractivity contribution in [3.8, 4) is 22.3 Å². The third-order valence-corrected chi connectivity index (χ3v) is 17.2. The minimum Gasteiger partial charge on any atom is -0.311 e. The van der Waals surface area contributed by atoms with Crippen LogP contribution in [0, 0.1) is 0 Å². The Balaban J connectivity index is 0.958. The van der Waals surface area contributed by atoms with Crippen LogP contribution in [-0.2, 0) is 0 Å². The molecule has 13 aromatic carbocycles. The topological polar surface area (TPSA) is 6.48 Å². The highest BCUT2D eigenvalue weighted by atomic mass is 32.1. The van der Waals surface area contributed by atoms with Gasteiger partial charge in [-0.2, -0.15) is 0 Å². The lowest BCUT2D eigenvalue weighted by Gasteiger charge is -2.25. The third-order valence-electron chi connectivity index (χ3n) is 14.9. The predicted molar refractivity (Wildman–Crippen MR) is 322 cm³/mol. The molecule has 0 saturated carbocycles. The van der Waals surface area contributed by atoms with Gasteiger partial charge in [0, 0.05) is 74.5 Å². The normalized spacial score (nSPS) is 11.8. The molecule has 74 heavy (non-hydrogen) atoms. The summed E-state index contributed by atoms with van der Waals surface area (Å²) in [7, 11) is 0. The SMILES string of the molecule is c1ccc(N(c2ccccc2)c2ccc(-c3cc4cc5cc(-c6ccc(N(c7ccccc7)c7ccccc7)cc6)c6cc7c(cc6c5cc4c4cc5sc6ccccc6c5cc34)sc3ccccc37)cc2)cc1. The van der Waals surface area contributed by atoms with Gasteiger partial charge in [-0.3, -0.25) is 0 Å². The Morgan fingerprint density at radius 2 is 0.527 bits per heavy atom. The molecule has 0 aliphatic rings. The van der Waals surface area contributed by atoms with Crippen molar-refractivity contribution in [2.75, 3.05) is 9.80 Å². The largest absolute Gasteiger partial charge is 0.311 e. The van der Waals surface area contributed by atoms with Gasteiger partial charge in [0.15, 0.2) is 0 Å². The van der Waals surface area contributed by atoms with Gasteiger partial charge in [0.05, 0.1) is 0 Å². The van der Waals surface area contributed by atoms with Crippen LogP contribution in [0.25, 0.3) is 106 Å². The number of rotatable bonds is 8. The fourth-order valence-corrected chi connectivity index (χ4v) is 13.8. The van der Waals surface area contributed by atoms with Gasteiger partial charge in [-0.25, -0.2) is 0 Å². The Morgan fingerprint density at radius 3 is 0.905 bits per heavy atom. The van der Waals surface area contributed by atoms with Crippen molar-refractivity contribution in [1.29, 1.82) is 0 Å². The van der Waals surface area contributed by atoms with Crippen molar-refractivity contribution in [1.82, 2.24) is 0 Å². The van der Waals surface area contributed by atoms with Gasteiger partial charge in [-0.15, -0.1) is 22.7 Å². The van der Waals surface area contributed by atoms with Crippen LogP contribution in [0.3, 0.4) is 0 Å². The minimum atomic E-state index is 1.11. The first-order chi connectivity index (χ1) is 36.7. The van der Waals surface area contributed by atoms with Crippen LogP contribution in [0.4, 0.5) is 34.1 Å². The fourth-order valence-electron chi connectivity index (χ4n) is 11.5. The van der Waals surface area contributed by atoms with Gasteiger partial charge >= 0.3 is 0 Å². The monoisotopic (exact) mass is 976 g/mol. The average Bonchev–Trinajstić information content (AvgIpc) is 4.04. The van der Waals surface area contributed by atoms with Crippen LogP contribution in [-0.4, -0.2) is 0 Å². The second kappa shape index (κ2) is 17.3. The Morgan fingerprint density at radius 1 is 0.203 bits per heavy atom. The Kier molecular flexibility index (Phi) is 9.97. The van der Waals surface area contributed by atoms with E-state index in [4.69, 9.17) is 0 Å². The predicted octanol–water partition coefficient (Wildman–Crippen LogP) is 21.3. The second-order valence-electron chi connectivity index (χ2n) is 19.2. The summed E-state index contributed by atoms with van der Waals surface area (Å²) in [6.45, 7) is 0. The standard InChI is InChI=1S/C70H44N2S2/c1-5-17-49(18-6-1)71(50-19-7-2-8-20-50)53-33-29-45(30-34-53)57-38-47-37-48-39-58(46-31-35-54(36-32-46)72(51-21-9-3-10-22-51)52-23-11-4-12-24-52)62-42-66-56-26-14-16-28-68(56)74-70(66)44-64(62)60(48)40-59(47)63-43-69-65(41-61(57)63)55-25-13-15-27-67(55)73-69/h1-44H. The van der Waals surface area contributed by atoms with E-state index in [1.807, 2.05) is 22.7 Å². The van der Waals surface area contributed by atoms with Crippen LogP contribution in [0.1, 0.15) is 0 Å². The summed E-state index contributed by atoms with van der Waals surface area (Å²) in [5, 5.41) is 15.3. The Labute approximate surface area is 436 Å². The molecule has 4 heteroatoms. The molecule has 0 atom stereocenters. The van der Waals surface area contributed by atoms with Gasteiger partial charge in [0.25, 0.3) is 0 Å². The zero-order chi connectivity index (χ0) is 48.7. The molecule has 2 aromatic heterocycles. The van der Waals surface area contributed by atoms with E-state index in [1.54, 1.807) is 0 Å². The van der Waals surface area contributed by atoms with E-state index in [-0.39, 0.29) is 0 Å². The summed E-state index contributed by atoms with van der Waals surface area (Å²) >= 11 is 3.78. The number of thiophene rings is 2. The Bertz CT molecular complexity index is 4250. The molecule has 0 saturated heterocycles. The summed E-state index contributed by atoms with van der Waals surface area (Å²) in [6, 6.07) is 98.5. The third kappa shape index (κ3) is 7.06. The molecule has 0 unspecified atom stereocenters. The molecule has 2 nitrogen and oxygen atoms in total. The van der Waals surface area contributed by atoms with Crippen molar-refractivity contribution in [3.63, 3.8) is 0 Å². The van der Waals surface area contributed by atoms with Crippen molar-refractivity contribution < 1.29 is 0 Å². The molecule has 0 bridgehead atoms. The van der Waals surface area contributed by atoms with Gasteiger partial charge < -0.3 is 9.80 Å². The van der Waals surface area contributed by atoms with E-state index in [2.05, 4.69) is 277 Å². The number of hydrogen-bond acceptors (Lipinski definition) is 4. The Hall–Kier alpha value is -9.06. The molecule has 346 valence electrons. The van der Waals surface area contributed by atoms with Gasteiger partial charge in [0.1, 0.15) is 0 Å². The summed E-state index contributed by atoms with van der Waals surface area (Å²) in [6.07, 6.45) is 0. The summed E-state index contributed by atoms with van der Waals surface area (Å²) in [5.41, 5.74) is 11.6. The molecular weight excluding hydrogens is 933 g/mol. The lowest BCUT2D eigenvalue weighted by atomic mass is 9.88. The first kappa shape index (κ1) is 42.6. The molecule has 0 fully saturated rings. The average molecular weight is 977 g/mol. The lowest BCUT2D eigenvalue weighted by Crippen LogP contribution is -2.09. The zero-order valence-electron chi connectivity index (χ0n) is 40.1. The summed E-state index contributed by atoms with van der Waals surface area (Å²) in [4.78, 5) is 4.67. The van der Waals surface area contributed by atoms with E-state index < -0.39 is 0 Å². The van der Waals surface area contributed by atoms with Crippen LogP contribution in [0.5, 0.6) is 0 Å². The van der Waals surface area contributed by atoms with Crippen molar-refractivity contribution >= 4 is 140 Å². The van der Waals surface area contributed by atoms with E-state index in [1.165, 1.54) is 106 Å². The number of nitrogens with zero attached hydrogens (tertiary/aromatic N) is 2. The maximum Gasteiger partial charge on any atom is 0.0462 e. The quantitative estimate of drug-likeness (QED) is 0.111. The second-order valence-corrected chi connectivity index (χ2v) is 21.4. The number of anilines is 6. The highest BCUT2D eigenvalue weighted by Crippen LogP contribution is 2.47. The van der Waals surface area contributed by atoms with Crippen molar-refractivity contribution in [2.24, 2.45) is 0 Å². The van der Waals surface area contributed by atoms with E-state index in [9.17, 15) is 0 Å². The molecular formula is C70H44N2S2. The molecule has 15 rings (SSSR count). The van der Waals surface area contributed by atoms with Crippen molar-refractivity contribution in [3.05, 3.63) is 267 Å². The van der Waals surface area contributed by atoms with Crippen LogP contribution in [0.2, 0.25) is 0 Å². The van der Waals surface area contributed by atoms with Gasteiger partial charge in [-0.05, 0) is 199 Å². The minimum absolute atomic E-state index is 1.11. The molecule has 0 N–H and O–H groups in total. The van der Waals surface area contributed by atoms with E-state index in [0.717, 1.165) is 34.1 Å². The highest BCUT2D eigenvalue weighted by molar-refractivity contribution is 7.26. The van der Waals surface area contributed by atoms with E-state index in [0.29, 0.717) is 0 Å². The maximum absolute atomic E-state index is 2.50. The number of fused-ring (bicyclic) bond motifs is 12. The first-order valence-corrected chi connectivity index (χ1v) is 26.9. The number of hydrogen-bond donors (Lipinski definition) is 0. The highest BCUT2D eigenvalue weighted by Gasteiger charge is 2.20. The molecule has 0 radical (unpaired) electrons. The summed E-state index contributed by atoms with van der Waals surface area (Å²) in [5.74, 6) is 0. The van der Waals surface area contributed by atoms with Crippen LogP contribution in [0.15, 0.2) is 267 Å². The smallest absolute Gasteiger partial charge is 0.0462 e. The zero-order valence-corrected chi connectivity index (χ0v) is 41.7. The first-order valence-electron chi connectivity index (χ1n) is 25.2. The van der Waals surface area contributed by atoms with Gasteiger partial charge in [-0.1, -0.05) is 133 Å². The lowest BCUT2D eigenvalue weighted by molar-refractivity contribution is 1.28. The molecule has 2 heterocycles. The van der Waals surface area contributed by atoms with Crippen LogP contribution >= 0.6 is 22.7 Å². The molecule has 0 aliphatic carbocycles. The maximum atomic E-state index is 2.50. The molecule has 0 spiro atoms. The molecule has 0 aliphatic heterocycles. The van der Waals surface area contributed by atoms with Gasteiger partial charge in [0.2, 0.25) is 0 Å². The summed E-state index contributed by atoms with van der Waals surface area (Å²) < 4.78 is 5.24. The number of para-hydroxylation sites is 4. The molecule has 0 amide bonds. The fraction of sp³-hybridized carbons (Fsp3) is 0. The van der Waals surface area contributed by atoms with Crippen LogP contribution < -0.4 is 9.80 Å².